The zero-order valence-corrected chi connectivity index (χ0v) is 15.6. The molecule has 1 aromatic rings. The lowest BCUT2D eigenvalue weighted by molar-refractivity contribution is -0.0259. The van der Waals surface area contributed by atoms with Gasteiger partial charge in [-0.15, -0.1) is 0 Å². The Morgan fingerprint density at radius 3 is 2.62 bits per heavy atom. The van der Waals surface area contributed by atoms with Gasteiger partial charge in [-0.2, -0.15) is 0 Å². The summed E-state index contributed by atoms with van der Waals surface area (Å²) in [7, 11) is 3.97. The molecule has 0 radical (unpaired) electrons. The summed E-state index contributed by atoms with van der Waals surface area (Å²) < 4.78 is 38.4. The van der Waals surface area contributed by atoms with E-state index in [1.807, 2.05) is 32.3 Å². The summed E-state index contributed by atoms with van der Waals surface area (Å²) in [6, 6.07) is 5.68. The van der Waals surface area contributed by atoms with Crippen molar-refractivity contribution in [3.63, 3.8) is 0 Å². The zero-order chi connectivity index (χ0) is 18.5. The predicted molar refractivity (Wildman–Crippen MR) is 95.9 cm³/mol. The van der Waals surface area contributed by atoms with E-state index in [0.717, 1.165) is 13.0 Å². The molecule has 0 aromatic carbocycles. The molecule has 2 aliphatic rings. The zero-order valence-electron chi connectivity index (χ0n) is 15.6. The maximum atomic E-state index is 13.5. The van der Waals surface area contributed by atoms with E-state index in [2.05, 4.69) is 14.8 Å². The Balaban J connectivity index is 1.58. The van der Waals surface area contributed by atoms with Gasteiger partial charge in [0, 0.05) is 43.2 Å². The lowest BCUT2D eigenvalue weighted by Gasteiger charge is -2.28. The summed E-state index contributed by atoms with van der Waals surface area (Å²) in [5.74, 6) is 0.478. The SMILES string of the molecule is CN1C[C@H](CF)C[C@H]1COC1[C@@H](CF)CN(C)[C@H]1COc1ccccn1. The molecule has 146 valence electrons. The van der Waals surface area contributed by atoms with Gasteiger partial charge in [-0.3, -0.25) is 13.7 Å². The first-order valence-corrected chi connectivity index (χ1v) is 9.30. The van der Waals surface area contributed by atoms with Gasteiger partial charge in [0.25, 0.3) is 0 Å². The number of ether oxygens (including phenoxy) is 2. The predicted octanol–water partition coefficient (Wildman–Crippen LogP) is 2.04. The standard InChI is InChI=1S/C19H29F2N3O2/c1-23-10-14(8-20)7-16(23)12-26-19-15(9-21)11-24(2)17(19)13-25-18-5-3-4-6-22-18/h3-6,14-17,19H,7-13H2,1-2H3/t14-,15-,16-,17-,19?/m0/s1. The van der Waals surface area contributed by atoms with Crippen LogP contribution in [-0.4, -0.2) is 86.7 Å². The third-order valence-electron chi connectivity index (χ3n) is 5.64. The van der Waals surface area contributed by atoms with Crippen LogP contribution in [0.5, 0.6) is 5.88 Å². The Hall–Kier alpha value is -1.31. The highest BCUT2D eigenvalue weighted by Crippen LogP contribution is 2.29. The molecule has 2 fully saturated rings. The molecule has 3 rings (SSSR count). The van der Waals surface area contributed by atoms with Gasteiger partial charge in [0.15, 0.2) is 0 Å². The molecule has 5 atom stereocenters. The Labute approximate surface area is 154 Å². The van der Waals surface area contributed by atoms with Gasteiger partial charge in [-0.1, -0.05) is 6.07 Å². The van der Waals surface area contributed by atoms with E-state index in [0.29, 0.717) is 25.6 Å². The van der Waals surface area contributed by atoms with Crippen molar-refractivity contribution in [3.05, 3.63) is 24.4 Å². The molecule has 0 N–H and O–H groups in total. The number of halogens is 2. The normalized spacial score (nSPS) is 33.0. The molecule has 0 amide bonds. The number of pyridine rings is 1. The molecule has 0 saturated carbocycles. The average molecular weight is 369 g/mol. The van der Waals surface area contributed by atoms with E-state index < -0.39 is 6.67 Å². The van der Waals surface area contributed by atoms with Gasteiger partial charge in [-0.05, 0) is 26.6 Å². The van der Waals surface area contributed by atoms with Crippen LogP contribution in [0.25, 0.3) is 0 Å². The van der Waals surface area contributed by atoms with Gasteiger partial charge in [0.1, 0.15) is 6.61 Å². The Bertz CT molecular complexity index is 551. The first-order chi connectivity index (χ1) is 12.6. The lowest BCUT2D eigenvalue weighted by atomic mass is 10.0. The van der Waals surface area contributed by atoms with E-state index in [4.69, 9.17) is 9.47 Å². The molecule has 1 unspecified atom stereocenters. The maximum Gasteiger partial charge on any atom is 0.213 e. The van der Waals surface area contributed by atoms with Crippen LogP contribution in [0.1, 0.15) is 6.42 Å². The number of likely N-dealkylation sites (tertiary alicyclic amines) is 2. The van der Waals surface area contributed by atoms with Crippen LogP contribution in [0.4, 0.5) is 8.78 Å². The topological polar surface area (TPSA) is 37.8 Å². The summed E-state index contributed by atoms with van der Waals surface area (Å²) in [4.78, 5) is 8.41. The molecule has 3 heterocycles. The minimum Gasteiger partial charge on any atom is -0.476 e. The van der Waals surface area contributed by atoms with Crippen LogP contribution in [0, 0.1) is 11.8 Å². The first-order valence-electron chi connectivity index (χ1n) is 9.30. The molecule has 0 spiro atoms. The summed E-state index contributed by atoms with van der Waals surface area (Å²) in [6.07, 6.45) is 2.25. The van der Waals surface area contributed by atoms with Gasteiger partial charge in [-0.25, -0.2) is 4.98 Å². The second kappa shape index (κ2) is 9.06. The minimum atomic E-state index is -0.414. The molecule has 0 aliphatic carbocycles. The van der Waals surface area contributed by atoms with Gasteiger partial charge >= 0.3 is 0 Å². The van der Waals surface area contributed by atoms with Crippen LogP contribution in [0.15, 0.2) is 24.4 Å². The Kier molecular flexibility index (Phi) is 6.78. The molecular formula is C19H29F2N3O2. The van der Waals surface area contributed by atoms with Crippen molar-refractivity contribution < 1.29 is 18.3 Å². The third kappa shape index (κ3) is 4.50. The molecule has 0 bridgehead atoms. The average Bonchev–Trinajstić information content (AvgIpc) is 3.17. The van der Waals surface area contributed by atoms with Crippen LogP contribution < -0.4 is 4.74 Å². The molecule has 7 heteroatoms. The van der Waals surface area contributed by atoms with Crippen molar-refractivity contribution in [1.29, 1.82) is 0 Å². The molecule has 26 heavy (non-hydrogen) atoms. The van der Waals surface area contributed by atoms with E-state index in [1.165, 1.54) is 0 Å². The van der Waals surface area contributed by atoms with E-state index in [1.54, 1.807) is 6.20 Å². The molecule has 5 nitrogen and oxygen atoms in total. The molecule has 1 aromatic heterocycles. The van der Waals surface area contributed by atoms with Crippen molar-refractivity contribution in [1.82, 2.24) is 14.8 Å². The number of aromatic nitrogens is 1. The van der Waals surface area contributed by atoms with Crippen molar-refractivity contribution in [3.8, 4) is 5.88 Å². The van der Waals surface area contributed by atoms with Gasteiger partial charge in [0.05, 0.1) is 32.1 Å². The van der Waals surface area contributed by atoms with Crippen molar-refractivity contribution in [2.45, 2.75) is 24.6 Å². The smallest absolute Gasteiger partial charge is 0.213 e. The maximum absolute atomic E-state index is 13.5. The number of hydrogen-bond donors (Lipinski definition) is 0. The second-order valence-electron chi connectivity index (χ2n) is 7.55. The number of alkyl halides is 2. The van der Waals surface area contributed by atoms with Crippen LogP contribution >= 0.6 is 0 Å². The number of hydrogen-bond acceptors (Lipinski definition) is 5. The van der Waals surface area contributed by atoms with Gasteiger partial charge < -0.3 is 14.4 Å². The first kappa shape index (κ1) is 19.5. The van der Waals surface area contributed by atoms with Crippen molar-refractivity contribution in [2.24, 2.45) is 11.8 Å². The number of rotatable bonds is 8. The monoisotopic (exact) mass is 369 g/mol. The Morgan fingerprint density at radius 1 is 1.12 bits per heavy atom. The fourth-order valence-corrected chi connectivity index (χ4v) is 4.11. The largest absolute Gasteiger partial charge is 0.476 e. The van der Waals surface area contributed by atoms with Crippen LogP contribution in [-0.2, 0) is 4.74 Å². The van der Waals surface area contributed by atoms with Crippen molar-refractivity contribution in [2.75, 3.05) is 53.7 Å². The summed E-state index contributed by atoms with van der Waals surface area (Å²) in [5.41, 5.74) is 0. The molecule has 2 saturated heterocycles. The van der Waals surface area contributed by atoms with E-state index >= 15 is 0 Å². The molecular weight excluding hydrogens is 340 g/mol. The second-order valence-corrected chi connectivity index (χ2v) is 7.55. The highest BCUT2D eigenvalue weighted by atomic mass is 19.1. The van der Waals surface area contributed by atoms with Crippen LogP contribution in [0.3, 0.4) is 0 Å². The molecule has 2 aliphatic heterocycles. The minimum absolute atomic E-state index is 0.0264. The quantitative estimate of drug-likeness (QED) is 0.701. The summed E-state index contributed by atoms with van der Waals surface area (Å²) in [5, 5.41) is 0. The number of likely N-dealkylation sites (N-methyl/N-ethyl adjacent to an activating group) is 2. The fraction of sp³-hybridized carbons (Fsp3) is 0.737. The van der Waals surface area contributed by atoms with Crippen LogP contribution in [0.2, 0.25) is 0 Å². The number of nitrogens with zero attached hydrogens (tertiary/aromatic N) is 3. The van der Waals surface area contributed by atoms with E-state index in [9.17, 15) is 8.78 Å². The highest BCUT2D eigenvalue weighted by molar-refractivity contribution is 5.09. The fourth-order valence-electron chi connectivity index (χ4n) is 4.11. The highest BCUT2D eigenvalue weighted by Gasteiger charge is 2.42. The Morgan fingerprint density at radius 2 is 1.96 bits per heavy atom. The van der Waals surface area contributed by atoms with E-state index in [-0.39, 0.29) is 36.7 Å². The van der Waals surface area contributed by atoms with Crippen molar-refractivity contribution >= 4 is 0 Å². The third-order valence-corrected chi connectivity index (χ3v) is 5.64. The van der Waals surface area contributed by atoms with Gasteiger partial charge in [0.2, 0.25) is 5.88 Å². The summed E-state index contributed by atoms with van der Waals surface area (Å²) in [6.45, 7) is 1.60. The lowest BCUT2D eigenvalue weighted by Crippen LogP contribution is -2.42. The summed E-state index contributed by atoms with van der Waals surface area (Å²) >= 11 is 0.